The zero-order valence-electron chi connectivity index (χ0n) is 12.8. The molecule has 0 saturated carbocycles. The topological polar surface area (TPSA) is 66.8 Å². The number of hydrogen-bond acceptors (Lipinski definition) is 5. The molecular formula is C15H22N4O2. The molecular weight excluding hydrogens is 268 g/mol. The molecule has 1 aromatic rings. The number of nitrogens with zero attached hydrogens (tertiary/aromatic N) is 3. The van der Waals surface area contributed by atoms with Crippen LogP contribution in [0.5, 0.6) is 0 Å². The lowest BCUT2D eigenvalue weighted by atomic mass is 10.2. The minimum atomic E-state index is -0.479. The summed E-state index contributed by atoms with van der Waals surface area (Å²) in [5, 5.41) is 3.22. The molecule has 0 fully saturated rings. The van der Waals surface area contributed by atoms with E-state index < -0.39 is 5.60 Å². The third kappa shape index (κ3) is 5.06. The van der Waals surface area contributed by atoms with Crippen LogP contribution in [0.2, 0.25) is 0 Å². The Morgan fingerprint density at radius 3 is 2.90 bits per heavy atom. The van der Waals surface area contributed by atoms with Gasteiger partial charge in [0.05, 0.1) is 25.3 Å². The van der Waals surface area contributed by atoms with E-state index in [9.17, 15) is 4.79 Å². The van der Waals surface area contributed by atoms with Crippen molar-refractivity contribution in [2.24, 2.45) is 4.99 Å². The maximum Gasteiger partial charge on any atom is 0.410 e. The summed E-state index contributed by atoms with van der Waals surface area (Å²) in [5.41, 5.74) is 0.460. The van der Waals surface area contributed by atoms with Crippen molar-refractivity contribution < 1.29 is 9.53 Å². The minimum absolute atomic E-state index is 0.297. The van der Waals surface area contributed by atoms with E-state index in [0.29, 0.717) is 26.2 Å². The van der Waals surface area contributed by atoms with Crippen molar-refractivity contribution >= 4 is 11.9 Å². The Balaban J connectivity index is 1.86. The largest absolute Gasteiger partial charge is 0.444 e. The molecule has 0 aliphatic carbocycles. The summed E-state index contributed by atoms with van der Waals surface area (Å²) >= 11 is 0. The number of aliphatic imine (C=N–C) groups is 1. The molecule has 1 amide bonds. The molecule has 2 heterocycles. The molecule has 0 aromatic carbocycles. The second-order valence-electron chi connectivity index (χ2n) is 5.90. The second-order valence-corrected chi connectivity index (χ2v) is 5.90. The van der Waals surface area contributed by atoms with Crippen LogP contribution in [0.3, 0.4) is 0 Å². The monoisotopic (exact) mass is 290 g/mol. The lowest BCUT2D eigenvalue weighted by molar-refractivity contribution is 0.0276. The number of ether oxygens (including phenoxy) is 1. The molecule has 6 nitrogen and oxygen atoms in total. The van der Waals surface area contributed by atoms with Crippen LogP contribution in [-0.2, 0) is 11.3 Å². The molecule has 1 N–H and O–H groups in total. The highest BCUT2D eigenvalue weighted by atomic mass is 16.6. The molecule has 0 bridgehead atoms. The van der Waals surface area contributed by atoms with E-state index in [2.05, 4.69) is 15.3 Å². The lowest BCUT2D eigenvalue weighted by Gasteiger charge is -2.29. The van der Waals surface area contributed by atoms with E-state index in [1.54, 1.807) is 11.1 Å². The first kappa shape index (κ1) is 15.3. The number of aromatic nitrogens is 1. The summed E-state index contributed by atoms with van der Waals surface area (Å²) in [6, 6.07) is 5.77. The van der Waals surface area contributed by atoms with E-state index in [1.807, 2.05) is 39.0 Å². The third-order valence-electron chi connectivity index (χ3n) is 2.86. The summed E-state index contributed by atoms with van der Waals surface area (Å²) in [5.74, 6) is 0.790. The molecule has 21 heavy (non-hydrogen) atoms. The highest BCUT2D eigenvalue weighted by Crippen LogP contribution is 2.11. The van der Waals surface area contributed by atoms with Gasteiger partial charge >= 0.3 is 6.09 Å². The predicted molar refractivity (Wildman–Crippen MR) is 81.2 cm³/mol. The molecule has 1 aliphatic heterocycles. The number of amides is 1. The molecule has 0 atom stereocenters. The van der Waals surface area contributed by atoms with Crippen LogP contribution in [0.25, 0.3) is 0 Å². The Kier molecular flexibility index (Phi) is 4.77. The summed E-state index contributed by atoms with van der Waals surface area (Å²) < 4.78 is 5.38. The number of hydrogen-bond donors (Lipinski definition) is 1. The summed E-state index contributed by atoms with van der Waals surface area (Å²) in [7, 11) is 0. The summed E-state index contributed by atoms with van der Waals surface area (Å²) in [4.78, 5) is 22.4. The van der Waals surface area contributed by atoms with Crippen LogP contribution < -0.4 is 5.32 Å². The molecule has 114 valence electrons. The van der Waals surface area contributed by atoms with E-state index in [4.69, 9.17) is 4.74 Å². The standard InChI is InChI=1S/C15H22N4O2/c1-15(2,3)21-14(20)19-9-8-17-13(11-19)18-10-12-6-4-5-7-16-12/h4-7H,8-11H2,1-3H3,(H,17,18). The van der Waals surface area contributed by atoms with Crippen molar-refractivity contribution in [2.45, 2.75) is 32.9 Å². The van der Waals surface area contributed by atoms with Crippen LogP contribution in [0, 0.1) is 0 Å². The zero-order valence-corrected chi connectivity index (χ0v) is 12.8. The Labute approximate surface area is 125 Å². The summed E-state index contributed by atoms with van der Waals surface area (Å²) in [6.07, 6.45) is 1.46. The first-order chi connectivity index (χ1) is 9.94. The predicted octanol–water partition coefficient (Wildman–Crippen LogP) is 1.82. The van der Waals surface area contributed by atoms with Crippen LogP contribution in [-0.4, -0.2) is 47.0 Å². The molecule has 0 unspecified atom stereocenters. The van der Waals surface area contributed by atoms with Crippen molar-refractivity contribution in [3.05, 3.63) is 30.1 Å². The van der Waals surface area contributed by atoms with Crippen molar-refractivity contribution in [2.75, 3.05) is 19.6 Å². The van der Waals surface area contributed by atoms with Crippen molar-refractivity contribution in [1.82, 2.24) is 15.2 Å². The first-order valence-electron chi connectivity index (χ1n) is 7.09. The van der Waals surface area contributed by atoms with Crippen molar-refractivity contribution in [1.29, 1.82) is 0 Å². The minimum Gasteiger partial charge on any atom is -0.444 e. The molecule has 0 radical (unpaired) electrons. The first-order valence-corrected chi connectivity index (χ1v) is 7.09. The highest BCUT2D eigenvalue weighted by molar-refractivity contribution is 5.87. The van der Waals surface area contributed by atoms with Crippen LogP contribution in [0.15, 0.2) is 29.4 Å². The fourth-order valence-electron chi connectivity index (χ4n) is 1.90. The molecule has 0 spiro atoms. The van der Waals surface area contributed by atoms with Gasteiger partial charge in [0.1, 0.15) is 11.4 Å². The van der Waals surface area contributed by atoms with Gasteiger partial charge in [-0.25, -0.2) is 4.79 Å². The van der Waals surface area contributed by atoms with Crippen molar-refractivity contribution in [3.8, 4) is 0 Å². The fraction of sp³-hybridized carbons (Fsp3) is 0.533. The Morgan fingerprint density at radius 2 is 2.24 bits per heavy atom. The van der Waals surface area contributed by atoms with Gasteiger partial charge in [-0.2, -0.15) is 0 Å². The smallest absolute Gasteiger partial charge is 0.410 e. The van der Waals surface area contributed by atoms with Crippen LogP contribution in [0.1, 0.15) is 26.5 Å². The normalized spacial score (nSPS) is 15.4. The lowest BCUT2D eigenvalue weighted by Crippen LogP contribution is -2.47. The van der Waals surface area contributed by atoms with Gasteiger partial charge < -0.3 is 10.1 Å². The average Bonchev–Trinajstić information content (AvgIpc) is 2.45. The Bertz CT molecular complexity index is 508. The van der Waals surface area contributed by atoms with Gasteiger partial charge in [-0.05, 0) is 32.9 Å². The molecule has 2 rings (SSSR count). The Hall–Kier alpha value is -2.11. The highest BCUT2D eigenvalue weighted by Gasteiger charge is 2.24. The van der Waals surface area contributed by atoms with Gasteiger partial charge in [-0.3, -0.25) is 14.9 Å². The number of pyridine rings is 1. The number of carbonyl (C=O) groups is 1. The maximum atomic E-state index is 12.0. The van der Waals surface area contributed by atoms with E-state index in [0.717, 1.165) is 11.5 Å². The number of amidine groups is 1. The van der Waals surface area contributed by atoms with Crippen LogP contribution >= 0.6 is 0 Å². The molecule has 6 heteroatoms. The van der Waals surface area contributed by atoms with Gasteiger partial charge in [0, 0.05) is 12.7 Å². The Morgan fingerprint density at radius 1 is 1.43 bits per heavy atom. The molecule has 1 aromatic heterocycles. The summed E-state index contributed by atoms with van der Waals surface area (Å²) in [6.45, 7) is 7.81. The SMILES string of the molecule is CC(C)(C)OC(=O)N1CCN=C(NCc2ccccn2)C1. The number of rotatable bonds is 2. The second kappa shape index (κ2) is 6.56. The number of nitrogens with one attached hydrogen (secondary N) is 1. The quantitative estimate of drug-likeness (QED) is 0.902. The molecule has 1 aliphatic rings. The third-order valence-corrected chi connectivity index (χ3v) is 2.86. The van der Waals surface area contributed by atoms with E-state index in [1.165, 1.54) is 0 Å². The van der Waals surface area contributed by atoms with E-state index >= 15 is 0 Å². The van der Waals surface area contributed by atoms with Gasteiger partial charge in [-0.1, -0.05) is 6.07 Å². The average molecular weight is 290 g/mol. The van der Waals surface area contributed by atoms with Gasteiger partial charge in [0.25, 0.3) is 0 Å². The van der Waals surface area contributed by atoms with Crippen LogP contribution in [0.4, 0.5) is 4.79 Å². The number of carbonyl (C=O) groups excluding carboxylic acids is 1. The maximum absolute atomic E-state index is 12.0. The van der Waals surface area contributed by atoms with Gasteiger partial charge in [-0.15, -0.1) is 0 Å². The fourth-order valence-corrected chi connectivity index (χ4v) is 1.90. The molecule has 0 saturated heterocycles. The van der Waals surface area contributed by atoms with Crippen molar-refractivity contribution in [3.63, 3.8) is 0 Å². The zero-order chi connectivity index (χ0) is 15.3. The van der Waals surface area contributed by atoms with Gasteiger partial charge in [0.15, 0.2) is 0 Å². The van der Waals surface area contributed by atoms with E-state index in [-0.39, 0.29) is 6.09 Å². The van der Waals surface area contributed by atoms with Gasteiger partial charge in [0.2, 0.25) is 0 Å².